The summed E-state index contributed by atoms with van der Waals surface area (Å²) in [6.45, 7) is 5.59. The van der Waals surface area contributed by atoms with Crippen molar-refractivity contribution in [3.05, 3.63) is 11.6 Å². The molecule has 0 saturated carbocycles. The van der Waals surface area contributed by atoms with E-state index in [1.807, 2.05) is 7.05 Å². The molecule has 1 nitrogen and oxygen atoms in total. The largest absolute Gasteiger partial charge is 0.319 e. The Morgan fingerprint density at radius 3 is 2.67 bits per heavy atom. The molecule has 0 aliphatic rings. The minimum atomic E-state index is 1.10. The summed E-state index contributed by atoms with van der Waals surface area (Å²) in [5, 5.41) is 3.15. The van der Waals surface area contributed by atoms with E-state index in [2.05, 4.69) is 25.2 Å². The Hall–Kier alpha value is -0.300. The van der Waals surface area contributed by atoms with Crippen molar-refractivity contribution in [3.8, 4) is 0 Å². The third kappa shape index (κ3) is 7.80. The highest BCUT2D eigenvalue weighted by Crippen LogP contribution is 2.08. The zero-order chi connectivity index (χ0) is 9.23. The lowest BCUT2D eigenvalue weighted by molar-refractivity contribution is 0.709. The van der Waals surface area contributed by atoms with E-state index in [1.54, 1.807) is 5.57 Å². The highest BCUT2D eigenvalue weighted by Gasteiger charge is 1.89. The van der Waals surface area contributed by atoms with Crippen molar-refractivity contribution in [1.29, 1.82) is 0 Å². The topological polar surface area (TPSA) is 12.0 Å². The van der Waals surface area contributed by atoms with Crippen molar-refractivity contribution in [2.24, 2.45) is 0 Å². The van der Waals surface area contributed by atoms with Crippen LogP contribution >= 0.6 is 0 Å². The number of rotatable bonds is 7. The summed E-state index contributed by atoms with van der Waals surface area (Å²) >= 11 is 0. The Morgan fingerprint density at radius 2 is 2.08 bits per heavy atom. The lowest BCUT2D eigenvalue weighted by Gasteiger charge is -2.00. The molecule has 0 saturated heterocycles. The first-order chi connectivity index (χ1) is 5.81. The number of nitrogens with one attached hydrogen (secondary N) is 1. The van der Waals surface area contributed by atoms with Gasteiger partial charge in [-0.2, -0.15) is 0 Å². The average Bonchev–Trinajstić information content (AvgIpc) is 2.06. The van der Waals surface area contributed by atoms with Gasteiger partial charge in [-0.1, -0.05) is 31.4 Å². The molecule has 0 atom stereocenters. The van der Waals surface area contributed by atoms with Crippen LogP contribution in [-0.2, 0) is 0 Å². The summed E-state index contributed by atoms with van der Waals surface area (Å²) in [5.41, 5.74) is 1.55. The van der Waals surface area contributed by atoms with E-state index in [1.165, 1.54) is 32.1 Å². The number of hydrogen-bond donors (Lipinski definition) is 1. The third-order valence-electron chi connectivity index (χ3n) is 2.06. The summed E-state index contributed by atoms with van der Waals surface area (Å²) in [4.78, 5) is 0. The molecule has 0 heterocycles. The van der Waals surface area contributed by atoms with Gasteiger partial charge in [0.25, 0.3) is 0 Å². The van der Waals surface area contributed by atoms with Crippen LogP contribution in [0.3, 0.4) is 0 Å². The molecule has 0 spiro atoms. The first kappa shape index (κ1) is 11.7. The maximum Gasteiger partial charge on any atom is -0.00172 e. The second-order valence-corrected chi connectivity index (χ2v) is 3.40. The van der Waals surface area contributed by atoms with Crippen molar-refractivity contribution in [1.82, 2.24) is 5.32 Å². The molecule has 1 N–H and O–H groups in total. The molecule has 0 aliphatic heterocycles. The molecular formula is C11H23N. The molecule has 0 radical (unpaired) electrons. The molecule has 0 aliphatic carbocycles. The van der Waals surface area contributed by atoms with Crippen LogP contribution in [0.15, 0.2) is 11.6 Å². The van der Waals surface area contributed by atoms with Crippen LogP contribution in [-0.4, -0.2) is 13.6 Å². The Labute approximate surface area is 77.2 Å². The van der Waals surface area contributed by atoms with E-state index in [0.29, 0.717) is 0 Å². The Kier molecular flexibility index (Phi) is 8.57. The van der Waals surface area contributed by atoms with E-state index in [0.717, 1.165) is 6.54 Å². The molecule has 0 unspecified atom stereocenters. The van der Waals surface area contributed by atoms with E-state index in [-0.39, 0.29) is 0 Å². The van der Waals surface area contributed by atoms with Gasteiger partial charge in [0.05, 0.1) is 0 Å². The molecule has 0 fully saturated rings. The second kappa shape index (κ2) is 8.79. The van der Waals surface area contributed by atoms with Crippen LogP contribution in [0, 0.1) is 0 Å². The summed E-state index contributed by atoms with van der Waals surface area (Å²) in [6, 6.07) is 0. The Balaban J connectivity index is 3.29. The fourth-order valence-electron chi connectivity index (χ4n) is 1.22. The maximum absolute atomic E-state index is 3.15. The van der Waals surface area contributed by atoms with Crippen molar-refractivity contribution >= 4 is 0 Å². The van der Waals surface area contributed by atoms with Gasteiger partial charge in [-0.3, -0.25) is 0 Å². The Bertz CT molecular complexity index is 116. The van der Waals surface area contributed by atoms with Crippen LogP contribution in [0.2, 0.25) is 0 Å². The molecule has 1 heteroatoms. The van der Waals surface area contributed by atoms with E-state index < -0.39 is 0 Å². The normalized spacial score (nSPS) is 12.1. The molecule has 0 aromatic heterocycles. The summed E-state index contributed by atoms with van der Waals surface area (Å²) in [7, 11) is 2.00. The molecule has 0 bridgehead atoms. The van der Waals surface area contributed by atoms with Gasteiger partial charge in [0.2, 0.25) is 0 Å². The van der Waals surface area contributed by atoms with Gasteiger partial charge >= 0.3 is 0 Å². The molecule has 0 aromatic rings. The standard InChI is InChI=1S/C11H23N/c1-4-5-6-8-11(2)9-7-10-12-3/h9,12H,4-8,10H2,1-3H3. The van der Waals surface area contributed by atoms with Crippen LogP contribution in [0.1, 0.15) is 46.0 Å². The van der Waals surface area contributed by atoms with E-state index in [9.17, 15) is 0 Å². The SMILES string of the molecule is CCCCCC(C)=CCCNC. The minimum absolute atomic E-state index is 1.10. The summed E-state index contributed by atoms with van der Waals surface area (Å²) < 4.78 is 0. The molecule has 0 rings (SSSR count). The predicted octanol–water partition coefficient (Wildman–Crippen LogP) is 3.12. The van der Waals surface area contributed by atoms with Gasteiger partial charge in [0.1, 0.15) is 0 Å². The Morgan fingerprint density at radius 1 is 1.33 bits per heavy atom. The molecular weight excluding hydrogens is 146 g/mol. The van der Waals surface area contributed by atoms with Crippen LogP contribution in [0.4, 0.5) is 0 Å². The lowest BCUT2D eigenvalue weighted by Crippen LogP contribution is -2.06. The van der Waals surface area contributed by atoms with Crippen molar-refractivity contribution in [2.75, 3.05) is 13.6 Å². The first-order valence-electron chi connectivity index (χ1n) is 5.11. The zero-order valence-corrected chi connectivity index (χ0v) is 8.82. The minimum Gasteiger partial charge on any atom is -0.319 e. The highest BCUT2D eigenvalue weighted by atomic mass is 14.8. The van der Waals surface area contributed by atoms with Gasteiger partial charge in [-0.05, 0) is 39.8 Å². The van der Waals surface area contributed by atoms with Gasteiger partial charge < -0.3 is 5.32 Å². The maximum atomic E-state index is 3.15. The fraction of sp³-hybridized carbons (Fsp3) is 0.818. The van der Waals surface area contributed by atoms with Crippen LogP contribution in [0.5, 0.6) is 0 Å². The van der Waals surface area contributed by atoms with Crippen LogP contribution in [0.25, 0.3) is 0 Å². The van der Waals surface area contributed by atoms with Gasteiger partial charge in [0.15, 0.2) is 0 Å². The quantitative estimate of drug-likeness (QED) is 0.456. The monoisotopic (exact) mass is 169 g/mol. The van der Waals surface area contributed by atoms with Crippen molar-refractivity contribution in [3.63, 3.8) is 0 Å². The lowest BCUT2D eigenvalue weighted by atomic mass is 10.1. The highest BCUT2D eigenvalue weighted by molar-refractivity contribution is 4.97. The molecule has 12 heavy (non-hydrogen) atoms. The third-order valence-corrected chi connectivity index (χ3v) is 2.06. The summed E-state index contributed by atoms with van der Waals surface area (Å²) in [6.07, 6.45) is 8.87. The summed E-state index contributed by atoms with van der Waals surface area (Å²) in [5.74, 6) is 0. The van der Waals surface area contributed by atoms with E-state index >= 15 is 0 Å². The molecule has 72 valence electrons. The molecule has 0 aromatic carbocycles. The molecule has 0 amide bonds. The fourth-order valence-corrected chi connectivity index (χ4v) is 1.22. The second-order valence-electron chi connectivity index (χ2n) is 3.40. The predicted molar refractivity (Wildman–Crippen MR) is 56.4 cm³/mol. The van der Waals surface area contributed by atoms with Crippen LogP contribution < -0.4 is 5.32 Å². The number of unbranched alkanes of at least 4 members (excludes halogenated alkanes) is 2. The first-order valence-corrected chi connectivity index (χ1v) is 5.11. The van der Waals surface area contributed by atoms with Crippen molar-refractivity contribution < 1.29 is 0 Å². The number of hydrogen-bond acceptors (Lipinski definition) is 1. The van der Waals surface area contributed by atoms with E-state index in [4.69, 9.17) is 0 Å². The van der Waals surface area contributed by atoms with Gasteiger partial charge in [-0.25, -0.2) is 0 Å². The van der Waals surface area contributed by atoms with Gasteiger partial charge in [-0.15, -0.1) is 0 Å². The number of allylic oxidation sites excluding steroid dienone is 1. The van der Waals surface area contributed by atoms with Gasteiger partial charge in [0, 0.05) is 0 Å². The zero-order valence-electron chi connectivity index (χ0n) is 8.82. The smallest absolute Gasteiger partial charge is 0.00172 e. The van der Waals surface area contributed by atoms with Crippen molar-refractivity contribution in [2.45, 2.75) is 46.0 Å². The average molecular weight is 169 g/mol.